The lowest BCUT2D eigenvalue weighted by Crippen LogP contribution is -2.25. The Morgan fingerprint density at radius 2 is 2.33 bits per heavy atom. The molecular formula is C9H20N2O. The third kappa shape index (κ3) is 3.09. The Balaban J connectivity index is 2.24. The molecule has 0 spiro atoms. The maximum absolute atomic E-state index is 5.65. The monoisotopic (exact) mass is 172 g/mol. The van der Waals surface area contributed by atoms with E-state index >= 15 is 0 Å². The molecule has 1 fully saturated rings. The fourth-order valence-electron chi connectivity index (χ4n) is 1.60. The van der Waals surface area contributed by atoms with Gasteiger partial charge in [-0.3, -0.25) is 0 Å². The molecule has 1 heterocycles. The zero-order chi connectivity index (χ0) is 8.81. The average Bonchev–Trinajstić information content (AvgIpc) is 2.31. The number of nitrogens with two attached hydrogens (primary N) is 1. The van der Waals surface area contributed by atoms with Gasteiger partial charge < -0.3 is 15.4 Å². The van der Waals surface area contributed by atoms with Crippen molar-refractivity contribution >= 4 is 0 Å². The van der Waals surface area contributed by atoms with Crippen molar-refractivity contribution in [1.29, 1.82) is 0 Å². The summed E-state index contributed by atoms with van der Waals surface area (Å²) in [6.07, 6.45) is 2.56. The highest BCUT2D eigenvalue weighted by molar-refractivity contribution is 4.67. The Kier molecular flexibility index (Phi) is 4.58. The Hall–Kier alpha value is -0.120. The van der Waals surface area contributed by atoms with Gasteiger partial charge in [0.1, 0.15) is 0 Å². The summed E-state index contributed by atoms with van der Waals surface area (Å²) >= 11 is 0. The highest BCUT2D eigenvalue weighted by atomic mass is 16.5. The van der Waals surface area contributed by atoms with Gasteiger partial charge in [-0.15, -0.1) is 0 Å². The van der Waals surface area contributed by atoms with Crippen molar-refractivity contribution in [1.82, 2.24) is 4.90 Å². The first-order valence-corrected chi connectivity index (χ1v) is 4.90. The van der Waals surface area contributed by atoms with Gasteiger partial charge >= 0.3 is 0 Å². The van der Waals surface area contributed by atoms with Crippen LogP contribution >= 0.6 is 0 Å². The van der Waals surface area contributed by atoms with E-state index in [9.17, 15) is 0 Å². The number of likely N-dealkylation sites (N-methyl/N-ethyl adjacent to an activating group) is 1. The molecule has 0 saturated carbocycles. The molecule has 0 bridgehead atoms. The summed E-state index contributed by atoms with van der Waals surface area (Å²) in [7, 11) is 0. The number of nitrogens with zero attached hydrogens (tertiary/aromatic N) is 1. The van der Waals surface area contributed by atoms with Crippen LogP contribution in [0.25, 0.3) is 0 Å². The molecule has 0 aromatic rings. The van der Waals surface area contributed by atoms with E-state index in [1.54, 1.807) is 0 Å². The minimum absolute atomic E-state index is 0.409. The first-order valence-electron chi connectivity index (χ1n) is 4.90. The van der Waals surface area contributed by atoms with Crippen molar-refractivity contribution in [3.05, 3.63) is 0 Å². The lowest BCUT2D eigenvalue weighted by Gasteiger charge is -2.15. The van der Waals surface area contributed by atoms with E-state index in [4.69, 9.17) is 10.5 Å². The second-order valence-electron chi connectivity index (χ2n) is 3.29. The van der Waals surface area contributed by atoms with Crippen LogP contribution in [-0.2, 0) is 4.74 Å². The van der Waals surface area contributed by atoms with Gasteiger partial charge in [0, 0.05) is 13.1 Å². The normalized spacial score (nSPS) is 27.0. The van der Waals surface area contributed by atoms with Crippen LogP contribution in [-0.4, -0.2) is 43.8 Å². The molecular weight excluding hydrogens is 152 g/mol. The first kappa shape index (κ1) is 9.96. The molecule has 0 aliphatic carbocycles. The van der Waals surface area contributed by atoms with Gasteiger partial charge in [0.25, 0.3) is 0 Å². The van der Waals surface area contributed by atoms with Gasteiger partial charge in [0.15, 0.2) is 0 Å². The zero-order valence-electron chi connectivity index (χ0n) is 7.96. The molecule has 0 aromatic heterocycles. The second kappa shape index (κ2) is 5.51. The molecule has 1 aliphatic rings. The molecule has 12 heavy (non-hydrogen) atoms. The third-order valence-corrected chi connectivity index (χ3v) is 2.46. The van der Waals surface area contributed by atoms with Gasteiger partial charge in [0.2, 0.25) is 0 Å². The van der Waals surface area contributed by atoms with Crippen molar-refractivity contribution < 1.29 is 4.74 Å². The molecule has 3 nitrogen and oxygen atoms in total. The number of hydrogen-bond donors (Lipinski definition) is 1. The summed E-state index contributed by atoms with van der Waals surface area (Å²) in [6, 6.07) is 0. The maximum Gasteiger partial charge on any atom is 0.0600 e. The predicted molar refractivity (Wildman–Crippen MR) is 50.1 cm³/mol. The van der Waals surface area contributed by atoms with E-state index in [0.717, 1.165) is 39.1 Å². The number of ether oxygens (including phenoxy) is 1. The Bertz CT molecular complexity index is 119. The Morgan fingerprint density at radius 1 is 1.50 bits per heavy atom. The highest BCUT2D eigenvalue weighted by Gasteiger charge is 2.14. The van der Waals surface area contributed by atoms with Crippen molar-refractivity contribution in [2.75, 3.05) is 32.8 Å². The smallest absolute Gasteiger partial charge is 0.0600 e. The minimum atomic E-state index is 0.409. The topological polar surface area (TPSA) is 38.5 Å². The second-order valence-corrected chi connectivity index (χ2v) is 3.29. The third-order valence-electron chi connectivity index (χ3n) is 2.46. The summed E-state index contributed by atoms with van der Waals surface area (Å²) in [5.41, 5.74) is 5.48. The van der Waals surface area contributed by atoms with Crippen LogP contribution in [0.4, 0.5) is 0 Å². The molecule has 0 amide bonds. The SMILES string of the molecule is CCN1CCOC(CCN)CC1. The maximum atomic E-state index is 5.65. The van der Waals surface area contributed by atoms with E-state index < -0.39 is 0 Å². The standard InChI is InChI=1S/C9H20N2O/c1-2-11-6-4-9(3-5-10)12-8-7-11/h9H,2-8,10H2,1H3. The van der Waals surface area contributed by atoms with Crippen LogP contribution in [0.5, 0.6) is 0 Å². The van der Waals surface area contributed by atoms with Gasteiger partial charge in [-0.1, -0.05) is 6.92 Å². The van der Waals surface area contributed by atoms with Crippen LogP contribution < -0.4 is 5.73 Å². The van der Waals surface area contributed by atoms with Gasteiger partial charge in [-0.2, -0.15) is 0 Å². The molecule has 1 aliphatic heterocycles. The van der Waals surface area contributed by atoms with Crippen molar-refractivity contribution in [2.24, 2.45) is 5.73 Å². The molecule has 1 rings (SSSR count). The van der Waals surface area contributed by atoms with E-state index in [1.807, 2.05) is 0 Å². The summed E-state index contributed by atoms with van der Waals surface area (Å²) in [4.78, 5) is 2.43. The summed E-state index contributed by atoms with van der Waals surface area (Å²) in [5.74, 6) is 0. The average molecular weight is 172 g/mol. The van der Waals surface area contributed by atoms with E-state index in [-0.39, 0.29) is 0 Å². The van der Waals surface area contributed by atoms with Gasteiger partial charge in [0.05, 0.1) is 12.7 Å². The molecule has 1 unspecified atom stereocenters. The summed E-state index contributed by atoms with van der Waals surface area (Å²) in [5, 5.41) is 0. The quantitative estimate of drug-likeness (QED) is 0.671. The lowest BCUT2D eigenvalue weighted by molar-refractivity contribution is 0.0582. The molecule has 72 valence electrons. The Labute approximate surface area is 74.9 Å². The molecule has 2 N–H and O–H groups in total. The summed E-state index contributed by atoms with van der Waals surface area (Å²) in [6.45, 7) is 7.20. The zero-order valence-corrected chi connectivity index (χ0v) is 7.96. The fourth-order valence-corrected chi connectivity index (χ4v) is 1.60. The lowest BCUT2D eigenvalue weighted by atomic mass is 10.2. The van der Waals surface area contributed by atoms with Crippen LogP contribution in [0.3, 0.4) is 0 Å². The molecule has 1 saturated heterocycles. The van der Waals surface area contributed by atoms with Crippen molar-refractivity contribution in [3.63, 3.8) is 0 Å². The largest absolute Gasteiger partial charge is 0.377 e. The Morgan fingerprint density at radius 3 is 3.00 bits per heavy atom. The molecule has 0 aromatic carbocycles. The molecule has 0 radical (unpaired) electrons. The molecule has 1 atom stereocenters. The van der Waals surface area contributed by atoms with E-state index in [1.165, 1.54) is 6.54 Å². The molecule has 3 heteroatoms. The fraction of sp³-hybridized carbons (Fsp3) is 1.00. The van der Waals surface area contributed by atoms with Gasteiger partial charge in [-0.25, -0.2) is 0 Å². The van der Waals surface area contributed by atoms with Crippen molar-refractivity contribution in [3.8, 4) is 0 Å². The number of rotatable bonds is 3. The first-order chi connectivity index (χ1) is 5.86. The highest BCUT2D eigenvalue weighted by Crippen LogP contribution is 2.08. The van der Waals surface area contributed by atoms with Crippen LogP contribution in [0.2, 0.25) is 0 Å². The number of hydrogen-bond acceptors (Lipinski definition) is 3. The summed E-state index contributed by atoms with van der Waals surface area (Å²) < 4.78 is 5.65. The van der Waals surface area contributed by atoms with E-state index in [2.05, 4.69) is 11.8 Å². The van der Waals surface area contributed by atoms with Gasteiger partial charge in [-0.05, 0) is 25.9 Å². The predicted octanol–water partition coefficient (Wildman–Crippen LogP) is 0.446. The minimum Gasteiger partial charge on any atom is -0.377 e. The van der Waals surface area contributed by atoms with Crippen LogP contribution in [0, 0.1) is 0 Å². The van der Waals surface area contributed by atoms with Crippen molar-refractivity contribution in [2.45, 2.75) is 25.9 Å². The van der Waals surface area contributed by atoms with E-state index in [0.29, 0.717) is 6.10 Å². The van der Waals surface area contributed by atoms with Crippen LogP contribution in [0.15, 0.2) is 0 Å². The van der Waals surface area contributed by atoms with Crippen LogP contribution in [0.1, 0.15) is 19.8 Å².